The summed E-state index contributed by atoms with van der Waals surface area (Å²) in [6, 6.07) is 5.73. The van der Waals surface area contributed by atoms with Crippen molar-refractivity contribution in [1.82, 2.24) is 30.1 Å². The molecule has 2 heterocycles. The molecule has 0 fully saturated rings. The van der Waals surface area contributed by atoms with Gasteiger partial charge in [-0.15, -0.1) is 10.2 Å². The van der Waals surface area contributed by atoms with E-state index in [0.29, 0.717) is 12.5 Å². The third-order valence-electron chi connectivity index (χ3n) is 3.21. The number of aliphatic imine (C=N–C) groups is 1. The zero-order chi connectivity index (χ0) is 16.7. The molecule has 8 nitrogen and oxygen atoms in total. The molecule has 0 spiro atoms. The summed E-state index contributed by atoms with van der Waals surface area (Å²) >= 11 is 0. The molecule has 0 saturated heterocycles. The fourth-order valence-electron chi connectivity index (χ4n) is 1.88. The Balaban J connectivity index is 2.05. The molecular weight excluding hydrogens is 294 g/mol. The van der Waals surface area contributed by atoms with Gasteiger partial charge in [0.2, 0.25) is 5.91 Å². The Morgan fingerprint density at radius 2 is 2.13 bits per heavy atom. The fraction of sp³-hybridized carbons (Fsp3) is 0.467. The van der Waals surface area contributed by atoms with Crippen molar-refractivity contribution >= 4 is 17.5 Å². The summed E-state index contributed by atoms with van der Waals surface area (Å²) in [5.74, 6) is 1.33. The number of rotatable bonds is 6. The summed E-state index contributed by atoms with van der Waals surface area (Å²) in [5, 5.41) is 14.5. The molecule has 0 bridgehead atoms. The molecule has 0 aliphatic rings. The Bertz CT molecular complexity index is 677. The lowest BCUT2D eigenvalue weighted by Crippen LogP contribution is -2.43. The molecule has 8 heteroatoms. The van der Waals surface area contributed by atoms with Crippen LogP contribution in [-0.2, 0) is 11.3 Å². The van der Waals surface area contributed by atoms with Gasteiger partial charge in [0.05, 0.1) is 6.54 Å². The Labute approximate surface area is 135 Å². The number of guanidine groups is 1. The second-order valence-corrected chi connectivity index (χ2v) is 5.28. The van der Waals surface area contributed by atoms with Gasteiger partial charge in [-0.3, -0.25) is 9.20 Å². The van der Waals surface area contributed by atoms with E-state index in [4.69, 9.17) is 0 Å². The maximum Gasteiger partial charge on any atom is 0.241 e. The van der Waals surface area contributed by atoms with E-state index in [2.05, 4.69) is 32.7 Å². The number of amides is 1. The van der Waals surface area contributed by atoms with Gasteiger partial charge in [-0.2, -0.15) is 0 Å². The first-order valence-corrected chi connectivity index (χ1v) is 7.62. The minimum absolute atomic E-state index is 0.0103. The maximum atomic E-state index is 11.7. The monoisotopic (exact) mass is 317 g/mol. The van der Waals surface area contributed by atoms with Crippen LogP contribution >= 0.6 is 0 Å². The molecular formula is C15H23N7O. The molecule has 1 amide bonds. The summed E-state index contributed by atoms with van der Waals surface area (Å²) in [5.41, 5.74) is 0.788. The lowest BCUT2D eigenvalue weighted by Gasteiger charge is -2.14. The molecule has 2 aromatic rings. The van der Waals surface area contributed by atoms with E-state index in [-0.39, 0.29) is 12.5 Å². The SMILES string of the molecule is CCCNC(=NCc1nnc2ccccn12)NCC(=O)N(C)C. The second kappa shape index (κ2) is 8.11. The number of aromatic nitrogens is 3. The molecule has 2 rings (SSSR count). The fourth-order valence-corrected chi connectivity index (χ4v) is 1.88. The van der Waals surface area contributed by atoms with Gasteiger partial charge in [0.15, 0.2) is 17.4 Å². The van der Waals surface area contributed by atoms with Crippen molar-refractivity contribution in [1.29, 1.82) is 0 Å². The van der Waals surface area contributed by atoms with Crippen LogP contribution in [0.2, 0.25) is 0 Å². The van der Waals surface area contributed by atoms with Gasteiger partial charge >= 0.3 is 0 Å². The van der Waals surface area contributed by atoms with Crippen LogP contribution in [0.5, 0.6) is 0 Å². The van der Waals surface area contributed by atoms with Gasteiger partial charge in [0, 0.05) is 26.8 Å². The van der Waals surface area contributed by atoms with Gasteiger partial charge in [0.1, 0.15) is 6.54 Å². The number of pyridine rings is 1. The Hall–Kier alpha value is -2.64. The zero-order valence-electron chi connectivity index (χ0n) is 13.8. The lowest BCUT2D eigenvalue weighted by atomic mass is 10.4. The summed E-state index contributed by atoms with van der Waals surface area (Å²) in [7, 11) is 3.45. The topological polar surface area (TPSA) is 86.9 Å². The van der Waals surface area contributed by atoms with Crippen molar-refractivity contribution in [3.63, 3.8) is 0 Å². The normalized spacial score (nSPS) is 11.5. The molecule has 0 aromatic carbocycles. The average Bonchev–Trinajstić information content (AvgIpc) is 2.97. The highest BCUT2D eigenvalue weighted by molar-refractivity contribution is 5.86. The molecule has 0 aliphatic heterocycles. The Kier molecular flexibility index (Phi) is 5.90. The van der Waals surface area contributed by atoms with Crippen molar-refractivity contribution < 1.29 is 4.79 Å². The predicted octanol–water partition coefficient (Wildman–Crippen LogP) is 0.263. The minimum atomic E-state index is -0.0103. The van der Waals surface area contributed by atoms with E-state index in [9.17, 15) is 4.79 Å². The first kappa shape index (κ1) is 16.7. The van der Waals surface area contributed by atoms with E-state index in [1.807, 2.05) is 28.8 Å². The van der Waals surface area contributed by atoms with Crippen molar-refractivity contribution in [3.8, 4) is 0 Å². The number of nitrogens with zero attached hydrogens (tertiary/aromatic N) is 5. The first-order chi connectivity index (χ1) is 11.1. The highest BCUT2D eigenvalue weighted by atomic mass is 16.2. The second-order valence-electron chi connectivity index (χ2n) is 5.28. The first-order valence-electron chi connectivity index (χ1n) is 7.62. The molecule has 2 aromatic heterocycles. The number of fused-ring (bicyclic) bond motifs is 1. The van der Waals surface area contributed by atoms with Crippen LogP contribution in [0.4, 0.5) is 0 Å². The standard InChI is InChI=1S/C15H23N7O/c1-4-8-16-15(18-11-14(23)21(2)3)17-10-13-20-19-12-7-5-6-9-22(12)13/h5-7,9H,4,8,10-11H2,1-3H3,(H2,16,17,18). The number of carbonyl (C=O) groups excluding carboxylic acids is 1. The van der Waals surface area contributed by atoms with E-state index < -0.39 is 0 Å². The van der Waals surface area contributed by atoms with E-state index >= 15 is 0 Å². The van der Waals surface area contributed by atoms with Crippen LogP contribution in [0.15, 0.2) is 29.4 Å². The van der Waals surface area contributed by atoms with Crippen LogP contribution < -0.4 is 10.6 Å². The van der Waals surface area contributed by atoms with Crippen molar-refractivity contribution in [3.05, 3.63) is 30.2 Å². The highest BCUT2D eigenvalue weighted by Crippen LogP contribution is 2.03. The number of nitrogens with one attached hydrogen (secondary N) is 2. The largest absolute Gasteiger partial charge is 0.356 e. The smallest absolute Gasteiger partial charge is 0.241 e. The molecule has 0 aliphatic carbocycles. The number of hydrogen-bond acceptors (Lipinski definition) is 4. The molecule has 0 atom stereocenters. The number of hydrogen-bond donors (Lipinski definition) is 2. The molecule has 0 radical (unpaired) electrons. The number of likely N-dealkylation sites (N-methyl/N-ethyl adjacent to an activating group) is 1. The lowest BCUT2D eigenvalue weighted by molar-refractivity contribution is -0.127. The van der Waals surface area contributed by atoms with Gasteiger partial charge in [-0.1, -0.05) is 13.0 Å². The quantitative estimate of drug-likeness (QED) is 0.590. The van der Waals surface area contributed by atoms with Gasteiger partial charge in [0.25, 0.3) is 0 Å². The third kappa shape index (κ3) is 4.67. The summed E-state index contributed by atoms with van der Waals surface area (Å²) < 4.78 is 1.89. The van der Waals surface area contributed by atoms with Crippen LogP contribution in [0.25, 0.3) is 5.65 Å². The van der Waals surface area contributed by atoms with Crippen molar-refractivity contribution in [2.24, 2.45) is 4.99 Å². The molecule has 124 valence electrons. The third-order valence-corrected chi connectivity index (χ3v) is 3.21. The van der Waals surface area contributed by atoms with E-state index in [0.717, 1.165) is 24.4 Å². The van der Waals surface area contributed by atoms with Crippen molar-refractivity contribution in [2.75, 3.05) is 27.2 Å². The van der Waals surface area contributed by atoms with E-state index in [1.54, 1.807) is 14.1 Å². The minimum Gasteiger partial charge on any atom is -0.356 e. The summed E-state index contributed by atoms with van der Waals surface area (Å²) in [6.45, 7) is 3.42. The maximum absolute atomic E-state index is 11.7. The van der Waals surface area contributed by atoms with Crippen LogP contribution in [-0.4, -0.2) is 58.5 Å². The Morgan fingerprint density at radius 1 is 1.30 bits per heavy atom. The van der Waals surface area contributed by atoms with Crippen molar-refractivity contribution in [2.45, 2.75) is 19.9 Å². The van der Waals surface area contributed by atoms with Gasteiger partial charge in [-0.05, 0) is 18.6 Å². The average molecular weight is 317 g/mol. The van der Waals surface area contributed by atoms with Gasteiger partial charge in [-0.25, -0.2) is 4.99 Å². The van der Waals surface area contributed by atoms with Gasteiger partial charge < -0.3 is 15.5 Å². The molecule has 2 N–H and O–H groups in total. The van der Waals surface area contributed by atoms with Crippen LogP contribution in [0.3, 0.4) is 0 Å². The molecule has 23 heavy (non-hydrogen) atoms. The summed E-state index contributed by atoms with van der Waals surface area (Å²) in [6.07, 6.45) is 2.87. The zero-order valence-corrected chi connectivity index (χ0v) is 13.8. The molecule has 0 unspecified atom stereocenters. The summed E-state index contributed by atoms with van der Waals surface area (Å²) in [4.78, 5) is 17.7. The van der Waals surface area contributed by atoms with Crippen LogP contribution in [0.1, 0.15) is 19.2 Å². The number of carbonyl (C=O) groups is 1. The Morgan fingerprint density at radius 3 is 2.87 bits per heavy atom. The molecule has 0 saturated carbocycles. The van der Waals surface area contributed by atoms with E-state index in [1.165, 1.54) is 4.90 Å². The predicted molar refractivity (Wildman–Crippen MR) is 89.1 cm³/mol. The highest BCUT2D eigenvalue weighted by Gasteiger charge is 2.07. The van der Waals surface area contributed by atoms with Crippen LogP contribution in [0, 0.1) is 0 Å².